The van der Waals surface area contributed by atoms with Crippen molar-refractivity contribution in [1.29, 1.82) is 0 Å². The fourth-order valence-corrected chi connectivity index (χ4v) is 0.250. The number of Topliss-reactive ketones (excluding diaryl/α,β-unsaturated/α-hetero) is 1. The number of aliphatic hydroxyl groups excluding tert-OH is 1. The molecule has 0 unspecified atom stereocenters. The van der Waals surface area contributed by atoms with Crippen LogP contribution in [0.15, 0.2) is 0 Å². The SMILES string of the molecule is CCC(=O)CC.CO.O. The highest BCUT2D eigenvalue weighted by molar-refractivity contribution is 5.77. The lowest BCUT2D eigenvalue weighted by Gasteiger charge is -1.81. The Hall–Kier alpha value is -0.410. The van der Waals surface area contributed by atoms with E-state index in [0.29, 0.717) is 18.6 Å². The minimum Gasteiger partial charge on any atom is -0.412 e. The molecule has 3 N–H and O–H groups in total. The van der Waals surface area contributed by atoms with Crippen LogP contribution in [0.4, 0.5) is 0 Å². The lowest BCUT2D eigenvalue weighted by Crippen LogP contribution is -1.88. The Morgan fingerprint density at radius 1 is 1.22 bits per heavy atom. The van der Waals surface area contributed by atoms with Gasteiger partial charge in [-0.2, -0.15) is 0 Å². The molecule has 0 aliphatic rings. The summed E-state index contributed by atoms with van der Waals surface area (Å²) >= 11 is 0. The Labute approximate surface area is 56.0 Å². The summed E-state index contributed by atoms with van der Waals surface area (Å²) in [4.78, 5) is 10.2. The molecule has 0 rings (SSSR count). The molecule has 0 aliphatic carbocycles. The number of ketones is 1. The lowest BCUT2D eigenvalue weighted by molar-refractivity contribution is -0.118. The third-order valence-electron chi connectivity index (χ3n) is 0.789. The molecule has 3 heteroatoms. The number of hydrogen-bond acceptors (Lipinski definition) is 2. The summed E-state index contributed by atoms with van der Waals surface area (Å²) in [5, 5.41) is 7.00. The van der Waals surface area contributed by atoms with Crippen LogP contribution in [0.1, 0.15) is 26.7 Å². The number of aliphatic hydroxyl groups is 1. The highest BCUT2D eigenvalue weighted by atomic mass is 16.2. The molecule has 0 aromatic heterocycles. The summed E-state index contributed by atoms with van der Waals surface area (Å²) in [7, 11) is 1.00. The van der Waals surface area contributed by atoms with Gasteiger partial charge in [-0.15, -0.1) is 0 Å². The standard InChI is InChI=1S/C5H10O.CH4O.H2O/c1-3-5(6)4-2;1-2;/h3-4H2,1-2H3;2H,1H3;1H2. The second kappa shape index (κ2) is 15.6. The maximum absolute atomic E-state index is 10.2. The van der Waals surface area contributed by atoms with Crippen molar-refractivity contribution in [2.24, 2.45) is 0 Å². The van der Waals surface area contributed by atoms with Gasteiger partial charge in [-0.3, -0.25) is 4.79 Å². The van der Waals surface area contributed by atoms with Crippen molar-refractivity contribution >= 4 is 5.78 Å². The Morgan fingerprint density at radius 3 is 1.44 bits per heavy atom. The van der Waals surface area contributed by atoms with Crippen LogP contribution in [0.3, 0.4) is 0 Å². The number of hydrogen-bond donors (Lipinski definition) is 1. The van der Waals surface area contributed by atoms with Gasteiger partial charge in [0.15, 0.2) is 0 Å². The van der Waals surface area contributed by atoms with Crippen molar-refractivity contribution in [2.75, 3.05) is 7.11 Å². The zero-order valence-corrected chi connectivity index (χ0v) is 6.27. The highest BCUT2D eigenvalue weighted by Crippen LogP contribution is 1.82. The first-order chi connectivity index (χ1) is 3.81. The Balaban J connectivity index is -0.000000109. The highest BCUT2D eigenvalue weighted by Gasteiger charge is 1.86. The monoisotopic (exact) mass is 136 g/mol. The average Bonchev–Trinajstić information content (AvgIpc) is 1.91. The minimum atomic E-state index is 0. The number of carbonyl (C=O) groups excluding carboxylic acids is 1. The number of carbonyl (C=O) groups is 1. The first-order valence-electron chi connectivity index (χ1n) is 2.77. The van der Waals surface area contributed by atoms with E-state index in [1.807, 2.05) is 13.8 Å². The molecule has 0 aliphatic heterocycles. The molecule has 9 heavy (non-hydrogen) atoms. The molecule has 0 saturated heterocycles. The summed E-state index contributed by atoms with van der Waals surface area (Å²) in [5.74, 6) is 0.343. The van der Waals surface area contributed by atoms with Crippen LogP contribution < -0.4 is 0 Å². The quantitative estimate of drug-likeness (QED) is 0.587. The van der Waals surface area contributed by atoms with E-state index in [0.717, 1.165) is 7.11 Å². The van der Waals surface area contributed by atoms with Gasteiger partial charge in [0.1, 0.15) is 5.78 Å². The van der Waals surface area contributed by atoms with Gasteiger partial charge in [0, 0.05) is 20.0 Å². The second-order valence-electron chi connectivity index (χ2n) is 1.25. The van der Waals surface area contributed by atoms with E-state index in [2.05, 4.69) is 0 Å². The largest absolute Gasteiger partial charge is 0.412 e. The molecule has 0 fully saturated rings. The molecule has 0 amide bonds. The molecular formula is C6H16O3. The van der Waals surface area contributed by atoms with Gasteiger partial charge >= 0.3 is 0 Å². The normalized spacial score (nSPS) is 6.22. The third-order valence-corrected chi connectivity index (χ3v) is 0.789. The van der Waals surface area contributed by atoms with Crippen molar-refractivity contribution in [1.82, 2.24) is 0 Å². The minimum absolute atomic E-state index is 0. The predicted molar refractivity (Wildman–Crippen MR) is 37.3 cm³/mol. The van der Waals surface area contributed by atoms with E-state index in [1.165, 1.54) is 0 Å². The van der Waals surface area contributed by atoms with Crippen LogP contribution in [-0.4, -0.2) is 23.5 Å². The van der Waals surface area contributed by atoms with Crippen LogP contribution in [0.2, 0.25) is 0 Å². The zero-order valence-electron chi connectivity index (χ0n) is 6.27. The van der Waals surface area contributed by atoms with Crippen molar-refractivity contribution < 1.29 is 15.4 Å². The molecular weight excluding hydrogens is 120 g/mol. The maximum atomic E-state index is 10.2. The van der Waals surface area contributed by atoms with Gasteiger partial charge in [0.25, 0.3) is 0 Å². The lowest BCUT2D eigenvalue weighted by atomic mass is 10.3. The molecule has 0 radical (unpaired) electrons. The summed E-state index contributed by atoms with van der Waals surface area (Å²) in [6.45, 7) is 3.76. The molecule has 0 spiro atoms. The molecule has 0 saturated carbocycles. The number of rotatable bonds is 2. The first-order valence-corrected chi connectivity index (χ1v) is 2.77. The van der Waals surface area contributed by atoms with Crippen LogP contribution >= 0.6 is 0 Å². The second-order valence-corrected chi connectivity index (χ2v) is 1.25. The van der Waals surface area contributed by atoms with E-state index >= 15 is 0 Å². The molecule has 0 aromatic rings. The summed E-state index contributed by atoms with van der Waals surface area (Å²) in [6.07, 6.45) is 1.38. The van der Waals surface area contributed by atoms with Gasteiger partial charge < -0.3 is 10.6 Å². The van der Waals surface area contributed by atoms with Crippen molar-refractivity contribution in [3.8, 4) is 0 Å². The molecule has 0 atom stereocenters. The summed E-state index contributed by atoms with van der Waals surface area (Å²) in [6, 6.07) is 0. The van der Waals surface area contributed by atoms with E-state index in [-0.39, 0.29) is 5.48 Å². The van der Waals surface area contributed by atoms with Gasteiger partial charge in [0.2, 0.25) is 0 Å². The Morgan fingerprint density at radius 2 is 1.44 bits per heavy atom. The third kappa shape index (κ3) is 18.4. The Kier molecular flexibility index (Phi) is 27.5. The predicted octanol–water partition coefficient (Wildman–Crippen LogP) is 0.159. The van der Waals surface area contributed by atoms with Crippen LogP contribution in [-0.2, 0) is 4.79 Å². The van der Waals surface area contributed by atoms with E-state index in [9.17, 15) is 4.79 Å². The topological polar surface area (TPSA) is 68.8 Å². The molecule has 58 valence electrons. The average molecular weight is 136 g/mol. The summed E-state index contributed by atoms with van der Waals surface area (Å²) < 4.78 is 0. The van der Waals surface area contributed by atoms with Gasteiger partial charge in [-0.1, -0.05) is 13.8 Å². The van der Waals surface area contributed by atoms with Crippen LogP contribution in [0.25, 0.3) is 0 Å². The smallest absolute Gasteiger partial charge is 0.132 e. The van der Waals surface area contributed by atoms with Crippen molar-refractivity contribution in [3.63, 3.8) is 0 Å². The van der Waals surface area contributed by atoms with Crippen molar-refractivity contribution in [2.45, 2.75) is 26.7 Å². The van der Waals surface area contributed by atoms with E-state index < -0.39 is 0 Å². The maximum Gasteiger partial charge on any atom is 0.132 e. The Bertz CT molecular complexity index is 46.3. The molecule has 0 aromatic carbocycles. The first kappa shape index (κ1) is 15.8. The van der Waals surface area contributed by atoms with E-state index in [1.54, 1.807) is 0 Å². The molecule has 0 bridgehead atoms. The fourth-order valence-electron chi connectivity index (χ4n) is 0.250. The fraction of sp³-hybridized carbons (Fsp3) is 0.833. The molecule has 3 nitrogen and oxygen atoms in total. The van der Waals surface area contributed by atoms with Gasteiger partial charge in [-0.05, 0) is 0 Å². The van der Waals surface area contributed by atoms with Crippen molar-refractivity contribution in [3.05, 3.63) is 0 Å². The van der Waals surface area contributed by atoms with Crippen LogP contribution in [0.5, 0.6) is 0 Å². The van der Waals surface area contributed by atoms with Crippen LogP contribution in [0, 0.1) is 0 Å². The van der Waals surface area contributed by atoms with Gasteiger partial charge in [0.05, 0.1) is 0 Å². The zero-order chi connectivity index (χ0) is 6.99. The van der Waals surface area contributed by atoms with E-state index in [4.69, 9.17) is 5.11 Å². The van der Waals surface area contributed by atoms with Gasteiger partial charge in [-0.25, -0.2) is 0 Å². The molecule has 0 heterocycles. The summed E-state index contributed by atoms with van der Waals surface area (Å²) in [5.41, 5.74) is 0.